The van der Waals surface area contributed by atoms with E-state index in [2.05, 4.69) is 10.3 Å². The van der Waals surface area contributed by atoms with E-state index in [4.69, 9.17) is 14.0 Å². The number of rotatable bonds is 5. The minimum absolute atomic E-state index is 0.110. The summed E-state index contributed by atoms with van der Waals surface area (Å²) >= 11 is 0. The SMILES string of the molecule is COc1ccccc1CC[n+]1cc(/N=C(\[O-])OC(C)(C)C)on1. The molecule has 0 saturated carbocycles. The molecule has 23 heavy (non-hydrogen) atoms. The van der Waals surface area contributed by atoms with Crippen LogP contribution in [0.4, 0.5) is 5.88 Å². The second-order valence-corrected chi connectivity index (χ2v) is 5.96. The lowest BCUT2D eigenvalue weighted by molar-refractivity contribution is -0.761. The first-order chi connectivity index (χ1) is 10.9. The van der Waals surface area contributed by atoms with Crippen LogP contribution >= 0.6 is 0 Å². The fourth-order valence-electron chi connectivity index (χ4n) is 1.94. The monoisotopic (exact) mass is 319 g/mol. The highest BCUT2D eigenvalue weighted by Crippen LogP contribution is 2.17. The Morgan fingerprint density at radius 3 is 2.78 bits per heavy atom. The van der Waals surface area contributed by atoms with Crippen LogP contribution in [0.3, 0.4) is 0 Å². The maximum atomic E-state index is 11.6. The molecule has 0 spiro atoms. The molecular weight excluding hydrogens is 298 g/mol. The van der Waals surface area contributed by atoms with Crippen LogP contribution in [0.1, 0.15) is 26.3 Å². The quantitative estimate of drug-likeness (QED) is 0.472. The number of hydrogen-bond acceptors (Lipinski definition) is 6. The summed E-state index contributed by atoms with van der Waals surface area (Å²) in [6.45, 7) is 5.89. The average Bonchev–Trinajstić information content (AvgIpc) is 2.90. The summed E-state index contributed by atoms with van der Waals surface area (Å²) in [5.41, 5.74) is 0.469. The first-order valence-corrected chi connectivity index (χ1v) is 7.30. The Hall–Kier alpha value is -2.57. The van der Waals surface area contributed by atoms with E-state index in [-0.39, 0.29) is 5.88 Å². The second-order valence-electron chi connectivity index (χ2n) is 5.96. The van der Waals surface area contributed by atoms with Crippen molar-refractivity contribution in [2.45, 2.75) is 39.3 Å². The molecule has 1 heterocycles. The van der Waals surface area contributed by atoms with Crippen molar-refractivity contribution in [2.75, 3.05) is 7.11 Å². The van der Waals surface area contributed by atoms with Crippen molar-refractivity contribution >= 4 is 12.0 Å². The molecule has 1 aromatic carbocycles. The first kappa shape index (κ1) is 16.8. The summed E-state index contributed by atoms with van der Waals surface area (Å²) in [5.74, 6) is 0.939. The summed E-state index contributed by atoms with van der Waals surface area (Å²) in [7, 11) is 1.64. The molecule has 7 nitrogen and oxygen atoms in total. The smallest absolute Gasteiger partial charge is 0.323 e. The minimum atomic E-state index is -0.703. The summed E-state index contributed by atoms with van der Waals surface area (Å²) < 4.78 is 17.0. The maximum Gasteiger partial charge on any atom is 0.323 e. The number of aromatic nitrogens is 2. The average molecular weight is 319 g/mol. The van der Waals surface area contributed by atoms with Gasteiger partial charge in [0, 0.05) is 17.6 Å². The molecule has 0 bridgehead atoms. The highest BCUT2D eigenvalue weighted by molar-refractivity contribution is 5.65. The largest absolute Gasteiger partial charge is 0.594 e. The van der Waals surface area contributed by atoms with E-state index < -0.39 is 11.7 Å². The van der Waals surface area contributed by atoms with Crippen LogP contribution in [0, 0.1) is 0 Å². The maximum absolute atomic E-state index is 11.6. The van der Waals surface area contributed by atoms with Gasteiger partial charge < -0.3 is 14.6 Å². The predicted octanol–water partition coefficient (Wildman–Crippen LogP) is 1.38. The van der Waals surface area contributed by atoms with Gasteiger partial charge in [-0.2, -0.15) is 4.99 Å². The van der Waals surface area contributed by atoms with Crippen LogP contribution in [0.15, 0.2) is 40.0 Å². The van der Waals surface area contributed by atoms with Gasteiger partial charge in [0.1, 0.15) is 5.75 Å². The molecule has 0 aliphatic rings. The lowest BCUT2D eigenvalue weighted by atomic mass is 10.1. The van der Waals surface area contributed by atoms with Gasteiger partial charge in [0.05, 0.1) is 7.11 Å². The fraction of sp³-hybridized carbons (Fsp3) is 0.438. The highest BCUT2D eigenvalue weighted by atomic mass is 16.6. The zero-order valence-corrected chi connectivity index (χ0v) is 13.8. The summed E-state index contributed by atoms with van der Waals surface area (Å²) in [6.07, 6.45) is 1.57. The lowest BCUT2D eigenvalue weighted by Crippen LogP contribution is -2.35. The summed E-state index contributed by atoms with van der Waals surface area (Å²) in [4.78, 5) is 3.72. The van der Waals surface area contributed by atoms with Gasteiger partial charge in [0.2, 0.25) is 5.27 Å². The summed E-state index contributed by atoms with van der Waals surface area (Å²) in [6, 6.07) is 7.77. The van der Waals surface area contributed by atoms with E-state index in [1.165, 1.54) is 0 Å². The fourth-order valence-corrected chi connectivity index (χ4v) is 1.94. The second kappa shape index (κ2) is 7.13. The van der Waals surface area contributed by atoms with E-state index in [1.807, 2.05) is 24.3 Å². The van der Waals surface area contributed by atoms with Crippen LogP contribution < -0.4 is 14.5 Å². The van der Waals surface area contributed by atoms with Crippen molar-refractivity contribution in [3.05, 3.63) is 36.0 Å². The van der Waals surface area contributed by atoms with Crippen LogP contribution in [0.5, 0.6) is 5.75 Å². The molecule has 0 N–H and O–H groups in total. The van der Waals surface area contributed by atoms with E-state index >= 15 is 0 Å². The predicted molar refractivity (Wildman–Crippen MR) is 81.3 cm³/mol. The molecule has 1 aromatic heterocycles. The Morgan fingerprint density at radius 1 is 1.35 bits per heavy atom. The van der Waals surface area contributed by atoms with Gasteiger partial charge in [0.15, 0.2) is 12.6 Å². The Kier molecular flexibility index (Phi) is 5.20. The highest BCUT2D eigenvalue weighted by Gasteiger charge is 2.13. The minimum Gasteiger partial charge on any atom is -0.594 e. The lowest BCUT2D eigenvalue weighted by Gasteiger charge is -2.28. The van der Waals surface area contributed by atoms with Gasteiger partial charge in [-0.05, 0) is 6.07 Å². The van der Waals surface area contributed by atoms with Gasteiger partial charge >= 0.3 is 5.88 Å². The summed E-state index contributed by atoms with van der Waals surface area (Å²) in [5, 5.41) is 15.4. The van der Waals surface area contributed by atoms with Crippen molar-refractivity contribution in [1.29, 1.82) is 0 Å². The number of para-hydroxylation sites is 1. The van der Waals surface area contributed by atoms with Gasteiger partial charge in [-0.1, -0.05) is 43.7 Å². The number of methoxy groups -OCH3 is 1. The Balaban J connectivity index is 1.98. The van der Waals surface area contributed by atoms with Crippen LogP contribution in [0.25, 0.3) is 0 Å². The first-order valence-electron chi connectivity index (χ1n) is 7.30. The van der Waals surface area contributed by atoms with Crippen LogP contribution in [-0.4, -0.2) is 24.1 Å². The number of ether oxygens (including phenoxy) is 2. The zero-order chi connectivity index (χ0) is 16.9. The van der Waals surface area contributed by atoms with Crippen molar-refractivity contribution < 1.29 is 23.8 Å². The third-order valence-electron chi connectivity index (χ3n) is 2.90. The molecule has 0 saturated heterocycles. The van der Waals surface area contributed by atoms with Gasteiger partial charge in [-0.25, -0.2) is 0 Å². The molecule has 2 rings (SSSR count). The number of hydrogen-bond donors (Lipinski definition) is 0. The van der Waals surface area contributed by atoms with Gasteiger partial charge in [0.25, 0.3) is 6.20 Å². The third-order valence-corrected chi connectivity index (χ3v) is 2.90. The number of aryl methyl sites for hydroxylation is 2. The molecule has 0 amide bonds. The Bertz CT molecular complexity index is 674. The molecule has 0 aliphatic heterocycles. The molecule has 0 fully saturated rings. The van der Waals surface area contributed by atoms with Crippen molar-refractivity contribution in [3.8, 4) is 5.75 Å². The molecule has 0 atom stereocenters. The van der Waals surface area contributed by atoms with Gasteiger partial charge in [-0.15, -0.1) is 0 Å². The van der Waals surface area contributed by atoms with E-state index in [9.17, 15) is 5.11 Å². The van der Waals surface area contributed by atoms with Gasteiger partial charge in [-0.3, -0.25) is 4.52 Å². The van der Waals surface area contributed by atoms with E-state index in [0.29, 0.717) is 13.0 Å². The molecule has 7 heteroatoms. The van der Waals surface area contributed by atoms with Crippen molar-refractivity contribution in [1.82, 2.24) is 5.27 Å². The van der Waals surface area contributed by atoms with Crippen molar-refractivity contribution in [2.24, 2.45) is 4.99 Å². The molecule has 0 radical (unpaired) electrons. The molecule has 0 unspecified atom stereocenters. The van der Waals surface area contributed by atoms with Crippen molar-refractivity contribution in [3.63, 3.8) is 0 Å². The molecule has 2 aromatic rings. The Morgan fingerprint density at radius 2 is 2.09 bits per heavy atom. The van der Waals surface area contributed by atoms with Crippen LogP contribution in [-0.2, 0) is 17.7 Å². The third kappa shape index (κ3) is 5.28. The standard InChI is InChI=1S/C16H21N3O4/c1-16(2,3)22-15(20)17-14-11-19(18-23-14)10-9-12-7-5-6-8-13(12)21-4/h5-8,11H,9-10H2,1-4H3. The normalized spacial score (nSPS) is 12.3. The topological polar surface area (TPSA) is 83.8 Å². The zero-order valence-electron chi connectivity index (χ0n) is 13.8. The number of benzene rings is 1. The Labute approximate surface area is 135 Å². The van der Waals surface area contributed by atoms with Crippen LogP contribution in [0.2, 0.25) is 0 Å². The molecule has 124 valence electrons. The molecular formula is C16H21N3O4. The number of aliphatic imine (C=N–C) groups is 1. The molecule has 0 aliphatic carbocycles. The van der Waals surface area contributed by atoms with E-state index in [1.54, 1.807) is 38.8 Å². The van der Waals surface area contributed by atoms with E-state index in [0.717, 1.165) is 11.3 Å². The number of nitrogens with zero attached hydrogens (tertiary/aromatic N) is 3.